The van der Waals surface area contributed by atoms with Gasteiger partial charge in [0, 0.05) is 17.2 Å². The van der Waals surface area contributed by atoms with Crippen molar-refractivity contribution in [1.82, 2.24) is 5.32 Å². The summed E-state index contributed by atoms with van der Waals surface area (Å²) in [6.07, 6.45) is 1.67. The van der Waals surface area contributed by atoms with Gasteiger partial charge >= 0.3 is 5.97 Å². The number of nitrogens with zero attached hydrogens (tertiary/aromatic N) is 1. The van der Waals surface area contributed by atoms with Gasteiger partial charge in [0.25, 0.3) is 5.91 Å². The number of carboxylic acids is 1. The topological polar surface area (TPSA) is 97.2 Å². The van der Waals surface area contributed by atoms with Crippen molar-refractivity contribution in [3.05, 3.63) is 58.2 Å². The number of carbonyl (C=O) groups is 2. The minimum atomic E-state index is -1.12. The van der Waals surface area contributed by atoms with E-state index in [1.165, 1.54) is 26.2 Å². The van der Waals surface area contributed by atoms with E-state index < -0.39 is 17.7 Å². The Morgan fingerprint density at radius 1 is 1.23 bits per heavy atom. The van der Waals surface area contributed by atoms with Crippen molar-refractivity contribution < 1.29 is 28.6 Å². The highest BCUT2D eigenvalue weighted by Crippen LogP contribution is 2.32. The summed E-state index contributed by atoms with van der Waals surface area (Å²) in [6, 6.07) is 9.26. The first-order valence-electron chi connectivity index (χ1n) is 8.86. The number of amides is 1. The van der Waals surface area contributed by atoms with Crippen molar-refractivity contribution in [3.8, 4) is 11.5 Å². The van der Waals surface area contributed by atoms with Crippen molar-refractivity contribution in [2.24, 2.45) is 4.99 Å². The second-order valence-electron chi connectivity index (χ2n) is 6.36. The molecule has 1 amide bonds. The van der Waals surface area contributed by atoms with Gasteiger partial charge in [-0.1, -0.05) is 6.07 Å². The maximum absolute atomic E-state index is 14.3. The Morgan fingerprint density at radius 2 is 2.00 bits per heavy atom. The lowest BCUT2D eigenvalue weighted by Gasteiger charge is -2.08. The second-order valence-corrected chi connectivity index (χ2v) is 7.39. The molecule has 0 saturated carbocycles. The molecule has 1 aliphatic heterocycles. The van der Waals surface area contributed by atoms with Crippen molar-refractivity contribution >= 4 is 40.6 Å². The van der Waals surface area contributed by atoms with Gasteiger partial charge in [0.05, 0.1) is 30.7 Å². The fourth-order valence-electron chi connectivity index (χ4n) is 2.75. The molecule has 1 unspecified atom stereocenters. The van der Waals surface area contributed by atoms with Gasteiger partial charge in [-0.2, -0.15) is 0 Å². The predicted octanol–water partition coefficient (Wildman–Crippen LogP) is 3.92. The lowest BCUT2D eigenvalue weighted by molar-refractivity contribution is -0.138. The number of halogens is 1. The normalized spacial score (nSPS) is 17.1. The molecule has 0 bridgehead atoms. The van der Waals surface area contributed by atoms with Crippen LogP contribution in [0.25, 0.3) is 6.08 Å². The maximum Gasteiger partial charge on any atom is 0.310 e. The van der Waals surface area contributed by atoms with E-state index in [0.29, 0.717) is 22.0 Å². The third-order valence-electron chi connectivity index (χ3n) is 4.43. The summed E-state index contributed by atoms with van der Waals surface area (Å²) in [6.45, 7) is 1.41. The first-order valence-corrected chi connectivity index (χ1v) is 9.68. The van der Waals surface area contributed by atoms with Gasteiger partial charge < -0.3 is 19.9 Å². The molecule has 2 aromatic carbocycles. The van der Waals surface area contributed by atoms with Crippen LogP contribution in [0.3, 0.4) is 0 Å². The molecule has 0 aromatic heterocycles. The Labute approximate surface area is 176 Å². The number of methoxy groups -OCH3 is 2. The van der Waals surface area contributed by atoms with E-state index in [1.807, 2.05) is 0 Å². The number of hydrogen-bond donors (Lipinski definition) is 2. The minimum Gasteiger partial charge on any atom is -0.497 e. The third-order valence-corrected chi connectivity index (χ3v) is 5.34. The van der Waals surface area contributed by atoms with Gasteiger partial charge in [0.15, 0.2) is 5.17 Å². The number of hydrogen-bond acceptors (Lipinski definition) is 6. The highest BCUT2D eigenvalue weighted by molar-refractivity contribution is 8.18. The Bertz CT molecular complexity index is 1070. The lowest BCUT2D eigenvalue weighted by Crippen LogP contribution is -2.19. The molecule has 1 aliphatic rings. The molecule has 1 heterocycles. The highest BCUT2D eigenvalue weighted by Gasteiger charge is 2.25. The van der Waals surface area contributed by atoms with Crippen LogP contribution < -0.4 is 14.8 Å². The van der Waals surface area contributed by atoms with Crippen LogP contribution in [0.4, 0.5) is 10.1 Å². The molecule has 156 valence electrons. The molecule has 0 aliphatic carbocycles. The number of aliphatic imine (C=N–C) groups is 1. The average molecular weight is 430 g/mol. The zero-order valence-electron chi connectivity index (χ0n) is 16.4. The summed E-state index contributed by atoms with van der Waals surface area (Å²) < 4.78 is 24.8. The van der Waals surface area contributed by atoms with Crippen molar-refractivity contribution in [3.63, 3.8) is 0 Å². The number of carboxylic acid groups (broad SMARTS) is 1. The zero-order chi connectivity index (χ0) is 21.8. The van der Waals surface area contributed by atoms with E-state index in [2.05, 4.69) is 10.3 Å². The van der Waals surface area contributed by atoms with Gasteiger partial charge in [-0.25, -0.2) is 9.38 Å². The summed E-state index contributed by atoms with van der Waals surface area (Å²) in [7, 11) is 3.07. The summed E-state index contributed by atoms with van der Waals surface area (Å²) in [5, 5.41) is 12.0. The van der Waals surface area contributed by atoms with E-state index in [4.69, 9.17) is 14.6 Å². The van der Waals surface area contributed by atoms with Crippen LogP contribution in [0.1, 0.15) is 24.0 Å². The fraction of sp³-hybridized carbons (Fsp3) is 0.190. The van der Waals surface area contributed by atoms with E-state index in [-0.39, 0.29) is 22.3 Å². The Hall–Kier alpha value is -3.33. The number of nitrogens with one attached hydrogen (secondary N) is 1. The highest BCUT2D eigenvalue weighted by atomic mass is 32.2. The van der Waals surface area contributed by atoms with Gasteiger partial charge in [-0.15, -0.1) is 0 Å². The predicted molar refractivity (Wildman–Crippen MR) is 113 cm³/mol. The Balaban J connectivity index is 1.84. The standard InChI is InChI=1S/C21H19FN2O5S/c1-11(20(26)27)15-7-5-13(9-16(15)22)23-21-24-19(25)18(30-21)8-12-4-6-14(28-2)10-17(12)29-3/h4-11H,1-3H3,(H,26,27)(H,23,24,25)/b18-8-. The monoisotopic (exact) mass is 430 g/mol. The molecule has 0 radical (unpaired) electrons. The van der Waals surface area contributed by atoms with Crippen molar-refractivity contribution in [2.45, 2.75) is 12.8 Å². The quantitative estimate of drug-likeness (QED) is 0.674. The Kier molecular flexibility index (Phi) is 6.41. The molecule has 2 N–H and O–H groups in total. The maximum atomic E-state index is 14.3. The van der Waals surface area contributed by atoms with E-state index >= 15 is 0 Å². The van der Waals surface area contributed by atoms with Crippen LogP contribution in [0, 0.1) is 5.82 Å². The van der Waals surface area contributed by atoms with Gasteiger partial charge in [0.2, 0.25) is 0 Å². The van der Waals surface area contributed by atoms with E-state index in [1.54, 1.807) is 31.4 Å². The van der Waals surface area contributed by atoms with Crippen LogP contribution in [0.5, 0.6) is 11.5 Å². The summed E-state index contributed by atoms with van der Waals surface area (Å²) in [4.78, 5) is 28.0. The molecule has 1 atom stereocenters. The number of aliphatic carboxylic acids is 1. The molecule has 7 nitrogen and oxygen atoms in total. The first kappa shape index (κ1) is 21.4. The third kappa shape index (κ3) is 4.62. The molecule has 1 fully saturated rings. The minimum absolute atomic E-state index is 0.0711. The summed E-state index contributed by atoms with van der Waals surface area (Å²) >= 11 is 1.11. The van der Waals surface area contributed by atoms with Crippen molar-refractivity contribution in [2.75, 3.05) is 14.2 Å². The fourth-order valence-corrected chi connectivity index (χ4v) is 3.58. The molecular weight excluding hydrogens is 411 g/mol. The summed E-state index contributed by atoms with van der Waals surface area (Å²) in [5.74, 6) is -1.92. The van der Waals surface area contributed by atoms with Crippen LogP contribution >= 0.6 is 11.8 Å². The number of rotatable bonds is 6. The second kappa shape index (κ2) is 9.00. The number of thioether (sulfide) groups is 1. The van der Waals surface area contributed by atoms with Crippen LogP contribution in [0.2, 0.25) is 0 Å². The number of amidine groups is 1. The van der Waals surface area contributed by atoms with Crippen LogP contribution in [-0.4, -0.2) is 36.4 Å². The smallest absolute Gasteiger partial charge is 0.310 e. The van der Waals surface area contributed by atoms with Gasteiger partial charge in [-0.05, 0) is 49.0 Å². The molecule has 3 rings (SSSR count). The molecule has 1 saturated heterocycles. The molecule has 0 spiro atoms. The SMILES string of the molecule is COc1ccc(/C=C2\SC(=Nc3ccc(C(C)C(=O)O)c(F)c3)NC2=O)c(OC)c1. The van der Waals surface area contributed by atoms with Crippen LogP contribution in [-0.2, 0) is 9.59 Å². The summed E-state index contributed by atoms with van der Waals surface area (Å²) in [5.41, 5.74) is 1.02. The number of ether oxygens (including phenoxy) is 2. The molecule has 30 heavy (non-hydrogen) atoms. The number of carbonyl (C=O) groups excluding carboxylic acids is 1. The average Bonchev–Trinajstić information content (AvgIpc) is 3.06. The Morgan fingerprint density at radius 3 is 2.63 bits per heavy atom. The first-order chi connectivity index (χ1) is 14.3. The van der Waals surface area contributed by atoms with E-state index in [9.17, 15) is 14.0 Å². The van der Waals surface area contributed by atoms with Crippen LogP contribution in [0.15, 0.2) is 46.3 Å². The molecule has 9 heteroatoms. The molecule has 2 aromatic rings. The molecular formula is C21H19FN2O5S. The largest absolute Gasteiger partial charge is 0.497 e. The van der Waals surface area contributed by atoms with Gasteiger partial charge in [0.1, 0.15) is 17.3 Å². The van der Waals surface area contributed by atoms with Crippen molar-refractivity contribution in [1.29, 1.82) is 0 Å². The number of benzene rings is 2. The zero-order valence-corrected chi connectivity index (χ0v) is 17.2. The van der Waals surface area contributed by atoms with Gasteiger partial charge in [-0.3, -0.25) is 9.59 Å². The lowest BCUT2D eigenvalue weighted by atomic mass is 10.0. The van der Waals surface area contributed by atoms with E-state index in [0.717, 1.165) is 17.8 Å².